The van der Waals surface area contributed by atoms with E-state index in [0.717, 1.165) is 28.0 Å². The molecule has 0 aliphatic carbocycles. The smallest absolute Gasteiger partial charge is 0.0451 e. The van der Waals surface area contributed by atoms with E-state index in [1.165, 1.54) is 0 Å². The van der Waals surface area contributed by atoms with Gasteiger partial charge in [-0.15, -0.1) is 0 Å². The van der Waals surface area contributed by atoms with Crippen LogP contribution in [0.1, 0.15) is 18.9 Å². The van der Waals surface area contributed by atoms with Crippen LogP contribution >= 0.6 is 27.5 Å². The van der Waals surface area contributed by atoms with Crippen molar-refractivity contribution in [3.05, 3.63) is 33.3 Å². The molecule has 0 amide bonds. The van der Waals surface area contributed by atoms with Crippen LogP contribution < -0.4 is 5.32 Å². The van der Waals surface area contributed by atoms with Crippen molar-refractivity contribution >= 4 is 27.5 Å². The van der Waals surface area contributed by atoms with Gasteiger partial charge in [-0.3, -0.25) is 0 Å². The van der Waals surface area contributed by atoms with Gasteiger partial charge >= 0.3 is 0 Å². The van der Waals surface area contributed by atoms with E-state index in [-0.39, 0.29) is 6.61 Å². The van der Waals surface area contributed by atoms with Gasteiger partial charge in [0.05, 0.1) is 0 Å². The zero-order valence-electron chi connectivity index (χ0n) is 8.63. The largest absolute Gasteiger partial charge is 0.396 e. The molecule has 0 radical (unpaired) electrons. The van der Waals surface area contributed by atoms with Gasteiger partial charge in [-0.1, -0.05) is 27.5 Å². The summed E-state index contributed by atoms with van der Waals surface area (Å²) in [6, 6.07) is 6.09. The first-order valence-electron chi connectivity index (χ1n) is 4.91. The summed E-state index contributed by atoms with van der Waals surface area (Å²) in [5, 5.41) is 12.8. The average molecular weight is 293 g/mol. The molecule has 0 saturated heterocycles. The van der Waals surface area contributed by atoms with E-state index in [1.807, 2.05) is 25.1 Å². The van der Waals surface area contributed by atoms with Gasteiger partial charge in [0.1, 0.15) is 0 Å². The van der Waals surface area contributed by atoms with E-state index in [2.05, 4.69) is 21.2 Å². The lowest BCUT2D eigenvalue weighted by Gasteiger charge is -2.13. The Morgan fingerprint density at radius 3 is 2.93 bits per heavy atom. The Bertz CT molecular complexity index is 319. The summed E-state index contributed by atoms with van der Waals surface area (Å²) in [5.74, 6) is 0. The fraction of sp³-hybridized carbons (Fsp3) is 0.455. The maximum absolute atomic E-state index is 8.76. The number of halogens is 2. The second kappa shape index (κ2) is 6.48. The Kier molecular flexibility index (Phi) is 5.61. The third-order valence-corrected chi connectivity index (χ3v) is 3.07. The Labute approximate surface area is 104 Å². The lowest BCUT2D eigenvalue weighted by molar-refractivity contribution is 0.268. The minimum Gasteiger partial charge on any atom is -0.396 e. The lowest BCUT2D eigenvalue weighted by atomic mass is 10.2. The first-order chi connectivity index (χ1) is 7.13. The van der Waals surface area contributed by atoms with Crippen molar-refractivity contribution < 1.29 is 5.11 Å². The van der Waals surface area contributed by atoms with Crippen molar-refractivity contribution in [2.24, 2.45) is 0 Å². The van der Waals surface area contributed by atoms with E-state index in [9.17, 15) is 0 Å². The SMILES string of the molecule is CC(CCO)NCc1cc(Br)ccc1Cl. The Balaban J connectivity index is 2.53. The lowest BCUT2D eigenvalue weighted by Crippen LogP contribution is -2.26. The molecule has 84 valence electrons. The number of benzene rings is 1. The van der Waals surface area contributed by atoms with E-state index >= 15 is 0 Å². The van der Waals surface area contributed by atoms with Crippen LogP contribution in [0.25, 0.3) is 0 Å². The van der Waals surface area contributed by atoms with Crippen molar-refractivity contribution in [2.75, 3.05) is 6.61 Å². The molecule has 2 nitrogen and oxygen atoms in total. The summed E-state index contributed by atoms with van der Waals surface area (Å²) in [6.07, 6.45) is 0.756. The molecule has 0 aliphatic heterocycles. The monoisotopic (exact) mass is 291 g/mol. The molecule has 1 unspecified atom stereocenters. The summed E-state index contributed by atoms with van der Waals surface area (Å²) in [6.45, 7) is 2.97. The number of hydrogen-bond donors (Lipinski definition) is 2. The number of aliphatic hydroxyl groups excluding tert-OH is 1. The molecular formula is C11H15BrClNO. The van der Waals surface area contributed by atoms with Crippen LogP contribution in [0.2, 0.25) is 5.02 Å². The second-order valence-corrected chi connectivity index (χ2v) is 4.85. The van der Waals surface area contributed by atoms with E-state index in [1.54, 1.807) is 0 Å². The van der Waals surface area contributed by atoms with Crippen molar-refractivity contribution in [1.29, 1.82) is 0 Å². The van der Waals surface area contributed by atoms with Crippen LogP contribution in [-0.2, 0) is 6.54 Å². The van der Waals surface area contributed by atoms with Crippen molar-refractivity contribution in [2.45, 2.75) is 25.9 Å². The molecule has 4 heteroatoms. The van der Waals surface area contributed by atoms with Crippen LogP contribution in [-0.4, -0.2) is 17.8 Å². The molecule has 1 aromatic rings. The molecule has 1 rings (SSSR count). The van der Waals surface area contributed by atoms with Gasteiger partial charge < -0.3 is 10.4 Å². The maximum Gasteiger partial charge on any atom is 0.0451 e. The molecule has 0 aliphatic rings. The predicted octanol–water partition coefficient (Wildman–Crippen LogP) is 2.96. The number of rotatable bonds is 5. The van der Waals surface area contributed by atoms with Gasteiger partial charge in [-0.25, -0.2) is 0 Å². The normalized spacial score (nSPS) is 12.8. The minimum atomic E-state index is 0.209. The number of aliphatic hydroxyl groups is 1. The molecule has 0 spiro atoms. The average Bonchev–Trinajstić information content (AvgIpc) is 2.20. The van der Waals surface area contributed by atoms with Crippen LogP contribution in [0.3, 0.4) is 0 Å². The summed E-state index contributed by atoms with van der Waals surface area (Å²) in [5.41, 5.74) is 1.07. The number of hydrogen-bond acceptors (Lipinski definition) is 2. The highest BCUT2D eigenvalue weighted by molar-refractivity contribution is 9.10. The Morgan fingerprint density at radius 2 is 2.27 bits per heavy atom. The maximum atomic E-state index is 8.76. The van der Waals surface area contributed by atoms with Crippen LogP contribution in [0.5, 0.6) is 0 Å². The van der Waals surface area contributed by atoms with Gasteiger partial charge in [0.15, 0.2) is 0 Å². The standard InChI is InChI=1S/C11H15BrClNO/c1-8(4-5-15)14-7-9-6-10(12)2-3-11(9)13/h2-3,6,8,14-15H,4-5,7H2,1H3. The van der Waals surface area contributed by atoms with Crippen molar-refractivity contribution in [3.8, 4) is 0 Å². The van der Waals surface area contributed by atoms with Gasteiger partial charge in [0, 0.05) is 28.7 Å². The third kappa shape index (κ3) is 4.51. The summed E-state index contributed by atoms with van der Waals surface area (Å²) < 4.78 is 1.03. The highest BCUT2D eigenvalue weighted by Crippen LogP contribution is 2.20. The number of nitrogens with one attached hydrogen (secondary N) is 1. The molecule has 15 heavy (non-hydrogen) atoms. The first kappa shape index (κ1) is 13.0. The minimum absolute atomic E-state index is 0.209. The molecule has 0 heterocycles. The molecule has 0 bridgehead atoms. The van der Waals surface area contributed by atoms with Gasteiger partial charge in [-0.05, 0) is 37.1 Å². The summed E-state index contributed by atoms with van der Waals surface area (Å²) >= 11 is 9.45. The van der Waals surface area contributed by atoms with E-state index < -0.39 is 0 Å². The molecule has 1 atom stereocenters. The van der Waals surface area contributed by atoms with Gasteiger partial charge in [0.2, 0.25) is 0 Å². The summed E-state index contributed by atoms with van der Waals surface area (Å²) in [4.78, 5) is 0. The molecule has 2 N–H and O–H groups in total. The third-order valence-electron chi connectivity index (χ3n) is 2.21. The van der Waals surface area contributed by atoms with E-state index in [4.69, 9.17) is 16.7 Å². The Hall–Kier alpha value is -0.0900. The van der Waals surface area contributed by atoms with E-state index in [0.29, 0.717) is 6.04 Å². The van der Waals surface area contributed by atoms with Gasteiger partial charge in [-0.2, -0.15) is 0 Å². The fourth-order valence-corrected chi connectivity index (χ4v) is 1.85. The van der Waals surface area contributed by atoms with Crippen molar-refractivity contribution in [3.63, 3.8) is 0 Å². The van der Waals surface area contributed by atoms with Crippen molar-refractivity contribution in [1.82, 2.24) is 5.32 Å². The second-order valence-electron chi connectivity index (χ2n) is 3.53. The van der Waals surface area contributed by atoms with Crippen LogP contribution in [0, 0.1) is 0 Å². The molecular weight excluding hydrogens is 277 g/mol. The Morgan fingerprint density at radius 1 is 1.53 bits per heavy atom. The molecule has 0 aromatic heterocycles. The highest BCUT2D eigenvalue weighted by Gasteiger charge is 2.04. The quantitative estimate of drug-likeness (QED) is 0.874. The topological polar surface area (TPSA) is 32.3 Å². The van der Waals surface area contributed by atoms with Crippen LogP contribution in [0.4, 0.5) is 0 Å². The first-order valence-corrected chi connectivity index (χ1v) is 6.08. The predicted molar refractivity (Wildman–Crippen MR) is 67.2 cm³/mol. The zero-order chi connectivity index (χ0) is 11.3. The van der Waals surface area contributed by atoms with Crippen LogP contribution in [0.15, 0.2) is 22.7 Å². The molecule has 1 aromatic carbocycles. The highest BCUT2D eigenvalue weighted by atomic mass is 79.9. The molecule has 0 saturated carbocycles. The fourth-order valence-electron chi connectivity index (χ4n) is 1.26. The van der Waals surface area contributed by atoms with Gasteiger partial charge in [0.25, 0.3) is 0 Å². The zero-order valence-corrected chi connectivity index (χ0v) is 11.0. The summed E-state index contributed by atoms with van der Waals surface area (Å²) in [7, 11) is 0. The molecule has 0 fully saturated rings.